The molecule has 2 nitrogen and oxygen atoms in total. The van der Waals surface area contributed by atoms with E-state index in [4.69, 9.17) is 4.42 Å². The van der Waals surface area contributed by atoms with Gasteiger partial charge < -0.3 is 4.42 Å². The van der Waals surface area contributed by atoms with E-state index in [2.05, 4.69) is 20.9 Å². The van der Waals surface area contributed by atoms with Gasteiger partial charge in [-0.2, -0.15) is 0 Å². The largest absolute Gasteiger partial charge is 0.443 e. The van der Waals surface area contributed by atoms with Crippen LogP contribution >= 0.6 is 15.9 Å². The van der Waals surface area contributed by atoms with E-state index in [0.717, 1.165) is 15.6 Å². The zero-order valence-electron chi connectivity index (χ0n) is 5.97. The standard InChI is InChI=1S/C8H6BrNO/c1-5-2-3-6-8(7(5)9)10-4-11-6/h2-4H,1H3. The monoisotopic (exact) mass is 211 g/mol. The van der Waals surface area contributed by atoms with Crippen LogP contribution in [0.3, 0.4) is 0 Å². The first-order chi connectivity index (χ1) is 5.29. The number of hydrogen-bond acceptors (Lipinski definition) is 2. The van der Waals surface area contributed by atoms with Gasteiger partial charge in [-0.25, -0.2) is 4.98 Å². The molecule has 0 saturated carbocycles. The van der Waals surface area contributed by atoms with E-state index in [1.165, 1.54) is 12.0 Å². The van der Waals surface area contributed by atoms with Crippen LogP contribution in [0, 0.1) is 6.92 Å². The number of halogens is 1. The lowest BCUT2D eigenvalue weighted by Crippen LogP contribution is -1.76. The Morgan fingerprint density at radius 2 is 2.27 bits per heavy atom. The predicted molar refractivity (Wildman–Crippen MR) is 46.4 cm³/mol. The molecule has 0 bridgehead atoms. The first-order valence-corrected chi connectivity index (χ1v) is 4.06. The van der Waals surface area contributed by atoms with Crippen molar-refractivity contribution in [2.24, 2.45) is 0 Å². The summed E-state index contributed by atoms with van der Waals surface area (Å²) < 4.78 is 6.13. The van der Waals surface area contributed by atoms with Crippen LogP contribution < -0.4 is 0 Å². The number of aromatic nitrogens is 1. The van der Waals surface area contributed by atoms with Crippen molar-refractivity contribution in [2.45, 2.75) is 6.92 Å². The molecule has 1 aromatic carbocycles. The zero-order valence-corrected chi connectivity index (χ0v) is 7.55. The smallest absolute Gasteiger partial charge is 0.182 e. The number of rotatable bonds is 0. The Kier molecular flexibility index (Phi) is 1.46. The molecule has 2 aromatic rings. The SMILES string of the molecule is Cc1ccc2ocnc2c1Br. The van der Waals surface area contributed by atoms with Gasteiger partial charge in [0, 0.05) is 0 Å². The van der Waals surface area contributed by atoms with E-state index in [-0.39, 0.29) is 0 Å². The lowest BCUT2D eigenvalue weighted by Gasteiger charge is -1.95. The van der Waals surface area contributed by atoms with Crippen molar-refractivity contribution >= 4 is 27.0 Å². The Bertz CT molecular complexity index is 394. The van der Waals surface area contributed by atoms with Gasteiger partial charge in [0.15, 0.2) is 12.0 Å². The van der Waals surface area contributed by atoms with Gasteiger partial charge in [-0.05, 0) is 34.5 Å². The minimum atomic E-state index is 0.822. The molecule has 0 saturated heterocycles. The molecular formula is C8H6BrNO. The maximum atomic E-state index is 5.11. The van der Waals surface area contributed by atoms with Gasteiger partial charge in [0.25, 0.3) is 0 Å². The van der Waals surface area contributed by atoms with Crippen molar-refractivity contribution in [3.05, 3.63) is 28.6 Å². The van der Waals surface area contributed by atoms with Gasteiger partial charge >= 0.3 is 0 Å². The Hall–Kier alpha value is -0.830. The summed E-state index contributed by atoms with van der Waals surface area (Å²) in [5.74, 6) is 0. The second-order valence-corrected chi connectivity index (χ2v) is 3.19. The summed E-state index contributed by atoms with van der Waals surface area (Å²) in [6.07, 6.45) is 1.45. The third-order valence-corrected chi connectivity index (χ3v) is 2.63. The molecule has 0 spiro atoms. The topological polar surface area (TPSA) is 26.0 Å². The number of oxazole rings is 1. The lowest BCUT2D eigenvalue weighted by atomic mass is 10.2. The Balaban J connectivity index is 2.93. The number of hydrogen-bond donors (Lipinski definition) is 0. The highest BCUT2D eigenvalue weighted by Gasteiger charge is 2.03. The predicted octanol–water partition coefficient (Wildman–Crippen LogP) is 2.90. The first-order valence-electron chi connectivity index (χ1n) is 3.27. The molecule has 0 aliphatic rings. The van der Waals surface area contributed by atoms with E-state index in [1.54, 1.807) is 0 Å². The summed E-state index contributed by atoms with van der Waals surface area (Å²) in [5, 5.41) is 0. The van der Waals surface area contributed by atoms with Crippen LogP contribution in [-0.2, 0) is 0 Å². The summed E-state index contributed by atoms with van der Waals surface area (Å²) >= 11 is 3.44. The molecule has 0 fully saturated rings. The highest BCUT2D eigenvalue weighted by Crippen LogP contribution is 2.25. The number of fused-ring (bicyclic) bond motifs is 1. The zero-order chi connectivity index (χ0) is 7.84. The van der Waals surface area contributed by atoms with E-state index in [9.17, 15) is 0 Å². The van der Waals surface area contributed by atoms with Crippen molar-refractivity contribution < 1.29 is 4.42 Å². The van der Waals surface area contributed by atoms with Crippen LogP contribution in [0.25, 0.3) is 11.1 Å². The molecule has 11 heavy (non-hydrogen) atoms. The quantitative estimate of drug-likeness (QED) is 0.670. The van der Waals surface area contributed by atoms with Crippen molar-refractivity contribution in [3.8, 4) is 0 Å². The maximum Gasteiger partial charge on any atom is 0.182 e. The van der Waals surface area contributed by atoms with E-state index >= 15 is 0 Å². The van der Waals surface area contributed by atoms with Gasteiger partial charge in [-0.15, -0.1) is 0 Å². The van der Waals surface area contributed by atoms with Gasteiger partial charge in [0.2, 0.25) is 0 Å². The average molecular weight is 212 g/mol. The molecule has 56 valence electrons. The van der Waals surface area contributed by atoms with Crippen LogP contribution in [0.1, 0.15) is 5.56 Å². The van der Waals surface area contributed by atoms with Crippen LogP contribution in [0.2, 0.25) is 0 Å². The Morgan fingerprint density at radius 3 is 3.09 bits per heavy atom. The normalized spacial score (nSPS) is 10.7. The maximum absolute atomic E-state index is 5.11. The van der Waals surface area contributed by atoms with Crippen LogP contribution in [-0.4, -0.2) is 4.98 Å². The fourth-order valence-corrected chi connectivity index (χ4v) is 1.43. The number of nitrogens with zero attached hydrogens (tertiary/aromatic N) is 1. The Morgan fingerprint density at radius 1 is 1.45 bits per heavy atom. The fourth-order valence-electron chi connectivity index (χ4n) is 0.999. The van der Waals surface area contributed by atoms with Gasteiger partial charge in [0.1, 0.15) is 5.52 Å². The fraction of sp³-hybridized carbons (Fsp3) is 0.125. The molecule has 0 radical (unpaired) electrons. The molecule has 3 heteroatoms. The molecule has 0 atom stereocenters. The highest BCUT2D eigenvalue weighted by molar-refractivity contribution is 9.10. The van der Waals surface area contributed by atoms with Crippen molar-refractivity contribution in [1.29, 1.82) is 0 Å². The minimum absolute atomic E-state index is 0.822. The average Bonchev–Trinajstić information content (AvgIpc) is 2.45. The van der Waals surface area contributed by atoms with E-state index < -0.39 is 0 Å². The molecule has 0 aliphatic carbocycles. The van der Waals surface area contributed by atoms with Crippen LogP contribution in [0.4, 0.5) is 0 Å². The summed E-state index contributed by atoms with van der Waals surface area (Å²) in [7, 11) is 0. The summed E-state index contributed by atoms with van der Waals surface area (Å²) in [6.45, 7) is 2.03. The molecular weight excluding hydrogens is 206 g/mol. The highest BCUT2D eigenvalue weighted by atomic mass is 79.9. The summed E-state index contributed by atoms with van der Waals surface area (Å²) in [5.41, 5.74) is 2.89. The van der Waals surface area contributed by atoms with Gasteiger partial charge in [-0.1, -0.05) is 6.07 Å². The van der Waals surface area contributed by atoms with Crippen molar-refractivity contribution in [2.75, 3.05) is 0 Å². The molecule has 1 heterocycles. The second-order valence-electron chi connectivity index (χ2n) is 2.40. The van der Waals surface area contributed by atoms with Crippen LogP contribution in [0.15, 0.2) is 27.4 Å². The molecule has 2 rings (SSSR count). The van der Waals surface area contributed by atoms with Crippen LogP contribution in [0.5, 0.6) is 0 Å². The second kappa shape index (κ2) is 2.34. The molecule has 0 aliphatic heterocycles. The first kappa shape index (κ1) is 6.85. The lowest BCUT2D eigenvalue weighted by molar-refractivity contribution is 0.602. The molecule has 1 aromatic heterocycles. The van der Waals surface area contributed by atoms with Crippen molar-refractivity contribution in [1.82, 2.24) is 4.98 Å². The molecule has 0 N–H and O–H groups in total. The van der Waals surface area contributed by atoms with Gasteiger partial charge in [0.05, 0.1) is 4.47 Å². The third kappa shape index (κ3) is 0.959. The summed E-state index contributed by atoms with van der Waals surface area (Å²) in [6, 6.07) is 3.92. The molecule has 0 unspecified atom stereocenters. The van der Waals surface area contributed by atoms with E-state index in [1.807, 2.05) is 19.1 Å². The third-order valence-electron chi connectivity index (χ3n) is 1.63. The van der Waals surface area contributed by atoms with Gasteiger partial charge in [-0.3, -0.25) is 0 Å². The Labute approximate surface area is 72.4 Å². The number of aryl methyl sites for hydroxylation is 1. The van der Waals surface area contributed by atoms with E-state index in [0.29, 0.717) is 0 Å². The number of benzene rings is 1. The minimum Gasteiger partial charge on any atom is -0.443 e. The van der Waals surface area contributed by atoms with Crippen molar-refractivity contribution in [3.63, 3.8) is 0 Å². The molecule has 0 amide bonds. The summed E-state index contributed by atoms with van der Waals surface area (Å²) in [4.78, 5) is 4.07.